The van der Waals surface area contributed by atoms with Crippen molar-refractivity contribution in [3.05, 3.63) is 28.0 Å². The van der Waals surface area contributed by atoms with Crippen LogP contribution < -0.4 is 5.32 Å². The number of aryl methyl sites for hydroxylation is 1. The van der Waals surface area contributed by atoms with Gasteiger partial charge in [-0.25, -0.2) is 4.79 Å². The Hall–Kier alpha value is -2.48. The van der Waals surface area contributed by atoms with Crippen LogP contribution in [-0.2, 0) is 22.4 Å². The van der Waals surface area contributed by atoms with Crippen LogP contribution in [0.25, 0.3) is 11.4 Å². The fraction of sp³-hybridized carbons (Fsp3) is 0.500. The summed E-state index contributed by atoms with van der Waals surface area (Å²) in [7, 11) is 0. The Labute approximate surface area is 165 Å². The van der Waals surface area contributed by atoms with Gasteiger partial charge in [-0.15, -0.1) is 11.3 Å². The number of nitrogens with one attached hydrogen (secondary N) is 1. The molecule has 28 heavy (non-hydrogen) atoms. The summed E-state index contributed by atoms with van der Waals surface area (Å²) in [5.74, 6) is -0.721. The smallest absolute Gasteiger partial charge is 0.332 e. The van der Waals surface area contributed by atoms with Gasteiger partial charge in [0.1, 0.15) is 5.00 Å². The largest absolute Gasteiger partial charge is 0.478 e. The molecular formula is C20H21N3O4S. The van der Waals surface area contributed by atoms with Crippen LogP contribution in [-0.4, -0.2) is 27.1 Å². The third-order valence-corrected chi connectivity index (χ3v) is 7.50. The maximum atomic E-state index is 13.2. The molecule has 0 spiro atoms. The van der Waals surface area contributed by atoms with Gasteiger partial charge in [0.15, 0.2) is 0 Å². The highest BCUT2D eigenvalue weighted by Gasteiger charge is 2.41. The number of carboxylic acids is 1. The van der Waals surface area contributed by atoms with Gasteiger partial charge in [0, 0.05) is 16.0 Å². The number of hydrogen-bond donors (Lipinski definition) is 2. The minimum atomic E-state index is -0.955. The van der Waals surface area contributed by atoms with E-state index in [1.807, 2.05) is 0 Å². The Kier molecular flexibility index (Phi) is 4.30. The molecule has 2 heterocycles. The van der Waals surface area contributed by atoms with Crippen molar-refractivity contribution in [1.29, 1.82) is 0 Å². The summed E-state index contributed by atoms with van der Waals surface area (Å²) < 4.78 is 4.94. The van der Waals surface area contributed by atoms with E-state index < -0.39 is 5.97 Å². The Morgan fingerprint density at radius 3 is 2.50 bits per heavy atom. The molecule has 7 nitrogen and oxygen atoms in total. The highest BCUT2D eigenvalue weighted by Crippen LogP contribution is 2.47. The molecule has 0 aromatic carbocycles. The van der Waals surface area contributed by atoms with Gasteiger partial charge in [0.25, 0.3) is 5.91 Å². The van der Waals surface area contributed by atoms with Crippen LogP contribution >= 0.6 is 11.3 Å². The molecule has 146 valence electrons. The minimum Gasteiger partial charge on any atom is -0.478 e. The van der Waals surface area contributed by atoms with E-state index in [-0.39, 0.29) is 17.7 Å². The quantitative estimate of drug-likeness (QED) is 0.810. The second-order valence-electron chi connectivity index (χ2n) is 7.81. The van der Waals surface area contributed by atoms with Crippen LogP contribution in [0.4, 0.5) is 5.00 Å². The lowest BCUT2D eigenvalue weighted by Crippen LogP contribution is -2.35. The van der Waals surface area contributed by atoms with E-state index in [1.54, 1.807) is 11.3 Å². The number of nitrogens with zero attached hydrogens (tertiary/aromatic N) is 2. The van der Waals surface area contributed by atoms with E-state index in [4.69, 9.17) is 4.52 Å². The number of rotatable bonds is 4. The highest BCUT2D eigenvalue weighted by molar-refractivity contribution is 7.17. The van der Waals surface area contributed by atoms with Crippen molar-refractivity contribution in [1.82, 2.24) is 10.1 Å². The fourth-order valence-corrected chi connectivity index (χ4v) is 6.33. The van der Waals surface area contributed by atoms with Crippen LogP contribution in [0.5, 0.6) is 0 Å². The van der Waals surface area contributed by atoms with Crippen molar-refractivity contribution in [2.24, 2.45) is 11.8 Å². The molecule has 2 bridgehead atoms. The van der Waals surface area contributed by atoms with Crippen LogP contribution in [0, 0.1) is 11.8 Å². The predicted molar refractivity (Wildman–Crippen MR) is 103 cm³/mol. The highest BCUT2D eigenvalue weighted by atomic mass is 32.1. The first kappa shape index (κ1) is 17.6. The molecule has 4 aliphatic carbocycles. The Morgan fingerprint density at radius 2 is 1.82 bits per heavy atom. The van der Waals surface area contributed by atoms with Gasteiger partial charge in [-0.1, -0.05) is 5.16 Å². The Bertz CT molecular complexity index is 968. The first-order valence-corrected chi connectivity index (χ1v) is 10.6. The molecule has 1 amide bonds. The monoisotopic (exact) mass is 399 g/mol. The van der Waals surface area contributed by atoms with Gasteiger partial charge in [-0.3, -0.25) is 4.79 Å². The van der Waals surface area contributed by atoms with Crippen molar-refractivity contribution >= 4 is 28.2 Å². The zero-order valence-electron chi connectivity index (χ0n) is 15.4. The summed E-state index contributed by atoms with van der Waals surface area (Å²) in [6, 6.07) is 0. The molecule has 6 rings (SSSR count). The fourth-order valence-electron chi connectivity index (χ4n) is 5.05. The number of carboxylic acid groups (broad SMARTS) is 1. The van der Waals surface area contributed by atoms with Crippen LogP contribution in [0.2, 0.25) is 0 Å². The molecule has 0 saturated heterocycles. The van der Waals surface area contributed by atoms with Crippen LogP contribution in [0.3, 0.4) is 0 Å². The number of thiophene rings is 1. The lowest BCUT2D eigenvalue weighted by atomic mass is 9.66. The molecule has 0 unspecified atom stereocenters. The molecule has 1 fully saturated rings. The third kappa shape index (κ3) is 2.78. The van der Waals surface area contributed by atoms with Crippen molar-refractivity contribution in [3.8, 4) is 11.4 Å². The maximum absolute atomic E-state index is 13.2. The Balaban J connectivity index is 1.55. The molecular weight excluding hydrogens is 378 g/mol. The SMILES string of the molecule is O=C(O)C1=C(C(=O)Nc2sc3c(c2-c2ncon2)CCCC3)C2CCC1CC2. The van der Waals surface area contributed by atoms with E-state index in [0.717, 1.165) is 56.9 Å². The first-order valence-electron chi connectivity index (χ1n) is 9.83. The molecule has 2 N–H and O–H groups in total. The number of fused-ring (bicyclic) bond motifs is 3. The number of carbonyl (C=O) groups is 2. The van der Waals surface area contributed by atoms with E-state index >= 15 is 0 Å². The van der Waals surface area contributed by atoms with E-state index in [1.165, 1.54) is 16.8 Å². The van der Waals surface area contributed by atoms with Gasteiger partial charge in [0.05, 0.1) is 5.56 Å². The van der Waals surface area contributed by atoms with Gasteiger partial charge in [-0.2, -0.15) is 4.98 Å². The summed E-state index contributed by atoms with van der Waals surface area (Å²) in [4.78, 5) is 30.5. The molecule has 2 aromatic rings. The van der Waals surface area contributed by atoms with Gasteiger partial charge in [0.2, 0.25) is 12.2 Å². The lowest BCUT2D eigenvalue weighted by Gasteiger charge is -2.37. The molecule has 0 atom stereocenters. The first-order chi connectivity index (χ1) is 13.6. The van der Waals surface area contributed by atoms with E-state index in [9.17, 15) is 14.7 Å². The topological polar surface area (TPSA) is 105 Å². The Morgan fingerprint density at radius 1 is 1.11 bits per heavy atom. The molecule has 1 saturated carbocycles. The second-order valence-corrected chi connectivity index (χ2v) is 8.91. The van der Waals surface area contributed by atoms with Crippen molar-refractivity contribution in [3.63, 3.8) is 0 Å². The molecule has 4 aliphatic rings. The minimum absolute atomic E-state index is 0.00327. The number of aliphatic carboxylic acids is 1. The van der Waals surface area contributed by atoms with E-state index in [2.05, 4.69) is 15.5 Å². The molecule has 0 aliphatic heterocycles. The summed E-state index contributed by atoms with van der Waals surface area (Å²) in [6.45, 7) is 0. The van der Waals surface area contributed by atoms with Crippen molar-refractivity contribution in [2.75, 3.05) is 5.32 Å². The zero-order valence-corrected chi connectivity index (χ0v) is 16.2. The van der Waals surface area contributed by atoms with Gasteiger partial charge >= 0.3 is 5.97 Å². The third-order valence-electron chi connectivity index (χ3n) is 6.29. The van der Waals surface area contributed by atoms with Crippen molar-refractivity contribution < 1.29 is 19.2 Å². The zero-order chi connectivity index (χ0) is 19.3. The van der Waals surface area contributed by atoms with Crippen LogP contribution in [0.15, 0.2) is 22.1 Å². The van der Waals surface area contributed by atoms with Gasteiger partial charge in [-0.05, 0) is 68.8 Å². The van der Waals surface area contributed by atoms with E-state index in [0.29, 0.717) is 22.0 Å². The standard InChI is InChI=1S/C20H21N3O4S/c24-18(14-10-5-7-11(8-6-10)15(14)20(25)26)22-19-16(17-21-9-27-23-17)12-3-1-2-4-13(12)28-19/h9-11H,1-8H2,(H,22,24)(H,25,26). The summed E-state index contributed by atoms with van der Waals surface area (Å²) in [6.07, 6.45) is 8.94. The number of hydrogen-bond acceptors (Lipinski definition) is 6. The molecule has 0 radical (unpaired) electrons. The lowest BCUT2D eigenvalue weighted by molar-refractivity contribution is -0.134. The average molecular weight is 399 g/mol. The number of anilines is 1. The number of amides is 1. The maximum Gasteiger partial charge on any atom is 0.332 e. The average Bonchev–Trinajstić information content (AvgIpc) is 3.35. The van der Waals surface area contributed by atoms with Crippen molar-refractivity contribution in [2.45, 2.75) is 51.4 Å². The molecule has 8 heteroatoms. The molecule has 2 aromatic heterocycles. The van der Waals surface area contributed by atoms with Crippen LogP contribution in [0.1, 0.15) is 49.0 Å². The second kappa shape index (κ2) is 6.84. The van der Waals surface area contributed by atoms with Gasteiger partial charge < -0.3 is 14.9 Å². The summed E-state index contributed by atoms with van der Waals surface area (Å²) in [5.41, 5.74) is 2.81. The predicted octanol–water partition coefficient (Wildman–Crippen LogP) is 3.82. The normalized spacial score (nSPS) is 23.6. The number of carbonyl (C=O) groups excluding carboxylic acids is 1. The number of aromatic nitrogens is 2. The summed E-state index contributed by atoms with van der Waals surface area (Å²) >= 11 is 1.56. The summed E-state index contributed by atoms with van der Waals surface area (Å²) in [5, 5.41) is 17.4.